The van der Waals surface area contributed by atoms with E-state index in [1.165, 1.54) is 6.92 Å². The van der Waals surface area contributed by atoms with Crippen molar-refractivity contribution in [3.8, 4) is 0 Å². The summed E-state index contributed by atoms with van der Waals surface area (Å²) in [5.74, 6) is -1.01. The van der Waals surface area contributed by atoms with Crippen molar-refractivity contribution in [1.29, 1.82) is 0 Å². The van der Waals surface area contributed by atoms with E-state index in [-0.39, 0.29) is 29.9 Å². The van der Waals surface area contributed by atoms with Gasteiger partial charge in [0.1, 0.15) is 18.3 Å². The van der Waals surface area contributed by atoms with Gasteiger partial charge in [-0.2, -0.15) is 0 Å². The van der Waals surface area contributed by atoms with Gasteiger partial charge >= 0.3 is 17.9 Å². The van der Waals surface area contributed by atoms with Crippen molar-refractivity contribution in [2.75, 3.05) is 0 Å². The summed E-state index contributed by atoms with van der Waals surface area (Å²) in [6, 6.07) is 0. The van der Waals surface area contributed by atoms with Gasteiger partial charge < -0.3 is 18.9 Å². The fraction of sp³-hybridized carbons (Fsp3) is 0.731. The van der Waals surface area contributed by atoms with E-state index in [0.717, 1.165) is 11.1 Å². The van der Waals surface area contributed by atoms with E-state index in [9.17, 15) is 14.4 Å². The van der Waals surface area contributed by atoms with Crippen molar-refractivity contribution in [2.24, 2.45) is 11.3 Å². The maximum atomic E-state index is 12.7. The molecule has 1 saturated carbocycles. The smallest absolute Gasteiger partial charge is 0.334 e. The molecule has 2 aliphatic heterocycles. The van der Waals surface area contributed by atoms with Crippen LogP contribution >= 0.6 is 0 Å². The summed E-state index contributed by atoms with van der Waals surface area (Å²) < 4.78 is 23.9. The number of hydrogen-bond acceptors (Lipinski definition) is 7. The normalized spacial score (nSPS) is 41.6. The predicted octanol–water partition coefficient (Wildman–Crippen LogP) is 4.19. The molecular formula is C26H36O7. The van der Waals surface area contributed by atoms with E-state index in [4.69, 9.17) is 18.9 Å². The average Bonchev–Trinajstić information content (AvgIpc) is 3.31. The van der Waals surface area contributed by atoms with Gasteiger partial charge in [-0.1, -0.05) is 19.4 Å². The number of allylic oxidation sites excluding steroid dienone is 1. The molecule has 4 rings (SSSR count). The molecule has 2 heterocycles. The van der Waals surface area contributed by atoms with Gasteiger partial charge in [-0.3, -0.25) is 9.59 Å². The second kappa shape index (κ2) is 8.57. The van der Waals surface area contributed by atoms with Crippen LogP contribution in [0.3, 0.4) is 0 Å². The Balaban J connectivity index is 1.83. The first-order chi connectivity index (χ1) is 15.5. The Bertz CT molecular complexity index is 918. The van der Waals surface area contributed by atoms with Gasteiger partial charge in [0.15, 0.2) is 0 Å². The van der Waals surface area contributed by atoms with Crippen LogP contribution in [0.25, 0.3) is 0 Å². The fourth-order valence-corrected chi connectivity index (χ4v) is 6.24. The van der Waals surface area contributed by atoms with Gasteiger partial charge in [0, 0.05) is 36.7 Å². The number of ether oxygens (including phenoxy) is 4. The average molecular weight is 461 g/mol. The lowest BCUT2D eigenvalue weighted by Crippen LogP contribution is -2.59. The molecule has 4 aliphatic rings. The summed E-state index contributed by atoms with van der Waals surface area (Å²) in [4.78, 5) is 37.3. The van der Waals surface area contributed by atoms with Crippen molar-refractivity contribution >= 4 is 17.9 Å². The van der Waals surface area contributed by atoms with Crippen molar-refractivity contribution in [2.45, 2.75) is 110 Å². The minimum atomic E-state index is -0.683. The highest BCUT2D eigenvalue weighted by Crippen LogP contribution is 2.63. The molecule has 7 atom stereocenters. The molecule has 0 aromatic heterocycles. The molecule has 7 nitrogen and oxygen atoms in total. The first kappa shape index (κ1) is 24.0. The second-order valence-electron chi connectivity index (χ2n) is 10.5. The van der Waals surface area contributed by atoms with Crippen LogP contribution in [0.2, 0.25) is 0 Å². The van der Waals surface area contributed by atoms with Crippen molar-refractivity contribution < 1.29 is 33.3 Å². The third-order valence-corrected chi connectivity index (χ3v) is 8.30. The molecule has 0 bridgehead atoms. The minimum absolute atomic E-state index is 0.0375. The highest BCUT2D eigenvalue weighted by Gasteiger charge is 2.71. The highest BCUT2D eigenvalue weighted by atomic mass is 16.6. The van der Waals surface area contributed by atoms with E-state index in [1.807, 2.05) is 26.8 Å². The van der Waals surface area contributed by atoms with Gasteiger partial charge in [-0.05, 0) is 58.1 Å². The number of carbonyl (C=O) groups is 3. The summed E-state index contributed by atoms with van der Waals surface area (Å²) in [6.07, 6.45) is 4.11. The third kappa shape index (κ3) is 4.13. The zero-order chi connectivity index (χ0) is 24.1. The molecule has 7 heteroatoms. The molecule has 1 saturated heterocycles. The van der Waals surface area contributed by atoms with E-state index < -0.39 is 29.3 Å². The van der Waals surface area contributed by atoms with Gasteiger partial charge in [0.2, 0.25) is 0 Å². The standard InChI is InChI=1S/C26H36O7/c1-7-8-23(28)32-20-10-9-14(2)11-18-17(15(3)24(29)31-18)12-19-25(20,5)21(30-16(4)27)13-22-26(19,6)33-22/h11,18-22H,7-10,12-13H2,1-6H3/b14-11-/t18-,19-,20+,21+,22+,25+,26-/m1/s1. The number of hydrogen-bond donors (Lipinski definition) is 0. The van der Waals surface area contributed by atoms with E-state index >= 15 is 0 Å². The van der Waals surface area contributed by atoms with Gasteiger partial charge in [-0.25, -0.2) is 4.79 Å². The Hall–Kier alpha value is -2.15. The SMILES string of the molecule is CCCC(=O)O[C@H]1CC/C(C)=C\[C@H]2OC(=O)C(C)=C2C[C@H]2[C@@]3(C)O[C@H]3C[C@H](OC(C)=O)[C@]12C. The molecular weight excluding hydrogens is 424 g/mol. The van der Waals surface area contributed by atoms with Gasteiger partial charge in [0.25, 0.3) is 0 Å². The molecule has 0 aromatic rings. The van der Waals surface area contributed by atoms with Crippen LogP contribution in [0, 0.1) is 11.3 Å². The molecule has 0 aromatic carbocycles. The van der Waals surface area contributed by atoms with Gasteiger partial charge in [-0.15, -0.1) is 0 Å². The molecule has 2 aliphatic carbocycles. The zero-order valence-electron chi connectivity index (χ0n) is 20.6. The zero-order valence-corrected chi connectivity index (χ0v) is 20.6. The van der Waals surface area contributed by atoms with Crippen molar-refractivity contribution in [3.05, 3.63) is 22.8 Å². The maximum absolute atomic E-state index is 12.7. The van der Waals surface area contributed by atoms with Crippen LogP contribution in [0.15, 0.2) is 22.8 Å². The Labute approximate surface area is 195 Å². The molecule has 2 fully saturated rings. The Morgan fingerprint density at radius 1 is 1.18 bits per heavy atom. The van der Waals surface area contributed by atoms with Crippen LogP contribution in [0.1, 0.15) is 80.1 Å². The molecule has 0 N–H and O–H groups in total. The molecule has 0 spiro atoms. The summed E-state index contributed by atoms with van der Waals surface area (Å²) >= 11 is 0. The quantitative estimate of drug-likeness (QED) is 0.269. The van der Waals surface area contributed by atoms with E-state index in [0.29, 0.717) is 44.1 Å². The van der Waals surface area contributed by atoms with Crippen LogP contribution in [0.5, 0.6) is 0 Å². The Kier molecular flexibility index (Phi) is 6.23. The number of epoxide rings is 1. The second-order valence-corrected chi connectivity index (χ2v) is 10.5. The first-order valence-corrected chi connectivity index (χ1v) is 12.1. The molecule has 33 heavy (non-hydrogen) atoms. The lowest BCUT2D eigenvalue weighted by atomic mass is 9.56. The summed E-state index contributed by atoms with van der Waals surface area (Å²) in [5, 5.41) is 0. The highest BCUT2D eigenvalue weighted by molar-refractivity contribution is 5.92. The van der Waals surface area contributed by atoms with Crippen LogP contribution in [-0.4, -0.2) is 47.9 Å². The fourth-order valence-electron chi connectivity index (χ4n) is 6.24. The van der Waals surface area contributed by atoms with E-state index in [2.05, 4.69) is 13.8 Å². The largest absolute Gasteiger partial charge is 0.462 e. The van der Waals surface area contributed by atoms with Crippen LogP contribution < -0.4 is 0 Å². The van der Waals surface area contributed by atoms with Crippen LogP contribution in [0.4, 0.5) is 0 Å². The lowest BCUT2D eigenvalue weighted by molar-refractivity contribution is -0.188. The summed E-state index contributed by atoms with van der Waals surface area (Å²) in [5.41, 5.74) is 1.52. The molecule has 0 unspecified atom stereocenters. The van der Waals surface area contributed by atoms with Crippen molar-refractivity contribution in [1.82, 2.24) is 0 Å². The molecule has 0 amide bonds. The third-order valence-electron chi connectivity index (χ3n) is 8.30. The van der Waals surface area contributed by atoms with Crippen molar-refractivity contribution in [3.63, 3.8) is 0 Å². The number of fused-ring (bicyclic) bond motifs is 4. The minimum Gasteiger partial charge on any atom is -0.462 e. The number of esters is 3. The molecule has 0 radical (unpaired) electrons. The monoisotopic (exact) mass is 460 g/mol. The van der Waals surface area contributed by atoms with E-state index in [1.54, 1.807) is 0 Å². The molecule has 182 valence electrons. The number of carbonyl (C=O) groups excluding carboxylic acids is 3. The maximum Gasteiger partial charge on any atom is 0.334 e. The van der Waals surface area contributed by atoms with Crippen LogP contribution in [-0.2, 0) is 33.3 Å². The Morgan fingerprint density at radius 2 is 1.91 bits per heavy atom. The summed E-state index contributed by atoms with van der Waals surface area (Å²) in [7, 11) is 0. The number of rotatable bonds is 4. The topological polar surface area (TPSA) is 91.4 Å². The van der Waals surface area contributed by atoms with Gasteiger partial charge in [0.05, 0.1) is 11.7 Å². The summed E-state index contributed by atoms with van der Waals surface area (Å²) in [6.45, 7) is 11.3. The first-order valence-electron chi connectivity index (χ1n) is 12.1. The lowest BCUT2D eigenvalue weighted by Gasteiger charge is -2.51. The predicted molar refractivity (Wildman–Crippen MR) is 120 cm³/mol. The Morgan fingerprint density at radius 3 is 2.58 bits per heavy atom.